The van der Waals surface area contributed by atoms with Crippen LogP contribution >= 0.6 is 0 Å². The zero-order valence-corrected chi connectivity index (χ0v) is 34.7. The number of nitrogens with two attached hydrogens (primary N) is 3. The molecule has 2 aliphatic heterocycles. The van der Waals surface area contributed by atoms with E-state index in [2.05, 4.69) is 30.5 Å². The molecule has 326 valence electrons. The lowest BCUT2D eigenvalue weighted by molar-refractivity contribution is -0.150. The van der Waals surface area contributed by atoms with Gasteiger partial charge in [0.2, 0.25) is 23.6 Å². The molecule has 11 N–H and O–H groups in total. The summed E-state index contributed by atoms with van der Waals surface area (Å²) in [6, 6.07) is 20.2. The summed E-state index contributed by atoms with van der Waals surface area (Å²) < 4.78 is 2.11. The number of guanidine groups is 1. The quantitative estimate of drug-likeness (QED) is 0.0492. The van der Waals surface area contributed by atoms with Crippen LogP contribution in [0.25, 0.3) is 21.8 Å². The number of amides is 4. The number of benzene rings is 3. The Labute approximate surface area is 359 Å². The predicted octanol–water partition coefficient (Wildman–Crippen LogP) is 2.62. The molecule has 0 saturated carbocycles. The molecule has 16 heteroatoms. The van der Waals surface area contributed by atoms with Gasteiger partial charge in [0, 0.05) is 66.7 Å². The van der Waals surface area contributed by atoms with E-state index in [1.54, 1.807) is 6.20 Å². The molecular formula is C46H56N10O6. The minimum atomic E-state index is -1.41. The number of H-pyrrole nitrogens is 1. The molecule has 1 saturated heterocycles. The molecule has 1 fully saturated rings. The minimum absolute atomic E-state index is 0.0176. The number of nitrogens with zero attached hydrogens (tertiary/aromatic N) is 3. The first-order valence-electron chi connectivity index (χ1n) is 21.4. The number of carbonyl (C=O) groups excluding carboxylic acids is 4. The van der Waals surface area contributed by atoms with Crippen molar-refractivity contribution in [2.45, 2.75) is 100 Å². The van der Waals surface area contributed by atoms with E-state index in [-0.39, 0.29) is 51.2 Å². The fourth-order valence-electron chi connectivity index (χ4n) is 9.08. The van der Waals surface area contributed by atoms with Crippen molar-refractivity contribution in [3.05, 3.63) is 108 Å². The molecule has 5 aromatic rings. The maximum atomic E-state index is 15.0. The number of aliphatic imine (C=N–C) groups is 1. The van der Waals surface area contributed by atoms with Crippen LogP contribution in [-0.4, -0.2) is 97.9 Å². The largest absolute Gasteiger partial charge is 0.480 e. The number of carbonyl (C=O) groups is 5. The van der Waals surface area contributed by atoms with Gasteiger partial charge in [-0.05, 0) is 80.2 Å². The summed E-state index contributed by atoms with van der Waals surface area (Å²) in [4.78, 5) is 79.8. The van der Waals surface area contributed by atoms with Gasteiger partial charge in [-0.1, -0.05) is 66.7 Å². The lowest BCUT2D eigenvalue weighted by Crippen LogP contribution is -2.63. The molecule has 16 nitrogen and oxygen atoms in total. The minimum Gasteiger partial charge on any atom is -0.480 e. The van der Waals surface area contributed by atoms with Crippen LogP contribution in [0, 0.1) is 0 Å². The Hall–Kier alpha value is -6.68. The topological polar surface area (TPSA) is 256 Å². The molecule has 3 aromatic carbocycles. The summed E-state index contributed by atoms with van der Waals surface area (Å²) in [5.74, 6) is -3.50. The summed E-state index contributed by atoms with van der Waals surface area (Å²) in [6.07, 6.45) is 6.76. The third-order valence-corrected chi connectivity index (χ3v) is 12.2. The van der Waals surface area contributed by atoms with Crippen LogP contribution in [0.3, 0.4) is 0 Å². The van der Waals surface area contributed by atoms with Gasteiger partial charge in [0.25, 0.3) is 0 Å². The molecular weight excluding hydrogens is 789 g/mol. The van der Waals surface area contributed by atoms with E-state index >= 15 is 4.79 Å². The zero-order chi connectivity index (χ0) is 43.8. The van der Waals surface area contributed by atoms with Crippen LogP contribution in [0.15, 0.2) is 96.2 Å². The Balaban J connectivity index is 1.23. The van der Waals surface area contributed by atoms with E-state index in [1.807, 2.05) is 85.1 Å². The number of aromatic nitrogens is 2. The summed E-state index contributed by atoms with van der Waals surface area (Å²) in [7, 11) is 0. The molecule has 4 heterocycles. The highest BCUT2D eigenvalue weighted by molar-refractivity contribution is 5.98. The third-order valence-electron chi connectivity index (χ3n) is 12.2. The Kier molecular flexibility index (Phi) is 13.6. The van der Waals surface area contributed by atoms with Crippen molar-refractivity contribution in [3.8, 4) is 0 Å². The monoisotopic (exact) mass is 844 g/mol. The lowest BCUT2D eigenvalue weighted by atomic mass is 9.87. The number of aliphatic carboxylic acids is 1. The van der Waals surface area contributed by atoms with Gasteiger partial charge < -0.3 is 52.7 Å². The van der Waals surface area contributed by atoms with E-state index in [4.69, 9.17) is 17.2 Å². The highest BCUT2D eigenvalue weighted by Crippen LogP contribution is 2.36. The number of para-hydroxylation sites is 2. The number of hydrogen-bond donors (Lipinski definition) is 8. The SMILES string of the molecule is NC(N)=NCCCC1NC(=O)[C@@H](NC(=O)[C@@H](N)Cc2ccccc2)Cc2cn(c3ccccc23)CCCC[C@@]2(C(=O)N[C@@H](Cc3c[nH]c4ccccc34)C(=O)O)CCCN2C1=O. The number of carboxylic acids is 1. The summed E-state index contributed by atoms with van der Waals surface area (Å²) in [5.41, 5.74) is 20.4. The van der Waals surface area contributed by atoms with Crippen molar-refractivity contribution in [2.75, 3.05) is 13.1 Å². The Morgan fingerprint density at radius 2 is 1.63 bits per heavy atom. The van der Waals surface area contributed by atoms with Crippen molar-refractivity contribution >= 4 is 57.4 Å². The van der Waals surface area contributed by atoms with E-state index in [9.17, 15) is 24.3 Å². The third kappa shape index (κ3) is 9.76. The van der Waals surface area contributed by atoms with Crippen LogP contribution in [-0.2, 0) is 49.8 Å². The maximum Gasteiger partial charge on any atom is 0.326 e. The van der Waals surface area contributed by atoms with Gasteiger partial charge in [0.05, 0.1) is 6.04 Å². The number of carboxylic acid groups (broad SMARTS) is 1. The molecule has 2 aliphatic rings. The lowest BCUT2D eigenvalue weighted by Gasteiger charge is -2.40. The predicted molar refractivity (Wildman–Crippen MR) is 237 cm³/mol. The fourth-order valence-corrected chi connectivity index (χ4v) is 9.08. The second kappa shape index (κ2) is 19.4. The van der Waals surface area contributed by atoms with E-state index in [0.29, 0.717) is 38.6 Å². The van der Waals surface area contributed by atoms with Crippen LogP contribution in [0.2, 0.25) is 0 Å². The summed E-state index contributed by atoms with van der Waals surface area (Å²) in [5, 5.41) is 20.9. The smallest absolute Gasteiger partial charge is 0.326 e. The van der Waals surface area contributed by atoms with Gasteiger partial charge in [-0.3, -0.25) is 24.2 Å². The van der Waals surface area contributed by atoms with Gasteiger partial charge in [0.15, 0.2) is 5.96 Å². The van der Waals surface area contributed by atoms with E-state index < -0.39 is 59.3 Å². The zero-order valence-electron chi connectivity index (χ0n) is 34.7. The van der Waals surface area contributed by atoms with Crippen molar-refractivity contribution in [1.82, 2.24) is 30.4 Å². The Morgan fingerprint density at radius 1 is 0.903 bits per heavy atom. The second-order valence-corrected chi connectivity index (χ2v) is 16.4. The van der Waals surface area contributed by atoms with Crippen LogP contribution in [0.5, 0.6) is 0 Å². The summed E-state index contributed by atoms with van der Waals surface area (Å²) in [6.45, 7) is 0.964. The number of aromatic amines is 1. The Bertz CT molecular complexity index is 2440. The van der Waals surface area contributed by atoms with Gasteiger partial charge in [0.1, 0.15) is 23.7 Å². The molecule has 7 rings (SSSR count). The van der Waals surface area contributed by atoms with Gasteiger partial charge in [-0.2, -0.15) is 0 Å². The van der Waals surface area contributed by atoms with Gasteiger partial charge in [-0.25, -0.2) is 4.79 Å². The first kappa shape index (κ1) is 43.4. The average Bonchev–Trinajstić information content (AvgIpc) is 3.98. The normalized spacial score (nSPS) is 20.6. The first-order chi connectivity index (χ1) is 29.9. The highest BCUT2D eigenvalue weighted by Gasteiger charge is 2.51. The molecule has 0 aliphatic carbocycles. The molecule has 0 spiro atoms. The van der Waals surface area contributed by atoms with Crippen LogP contribution in [0.4, 0.5) is 0 Å². The molecule has 0 radical (unpaired) electrons. The summed E-state index contributed by atoms with van der Waals surface area (Å²) >= 11 is 0. The number of rotatable bonds is 13. The van der Waals surface area contributed by atoms with E-state index in [1.165, 1.54) is 4.90 Å². The molecule has 2 bridgehead atoms. The van der Waals surface area contributed by atoms with Crippen LogP contribution in [0.1, 0.15) is 61.6 Å². The average molecular weight is 845 g/mol. The Morgan fingerprint density at radius 3 is 2.40 bits per heavy atom. The highest BCUT2D eigenvalue weighted by atomic mass is 16.4. The molecule has 5 atom stereocenters. The fraction of sp³-hybridized carbons (Fsp3) is 0.391. The maximum absolute atomic E-state index is 15.0. The molecule has 62 heavy (non-hydrogen) atoms. The molecule has 1 unspecified atom stereocenters. The number of hydrogen-bond acceptors (Lipinski definition) is 7. The number of aryl methyl sites for hydroxylation is 1. The van der Waals surface area contributed by atoms with Crippen molar-refractivity contribution < 1.29 is 29.1 Å². The van der Waals surface area contributed by atoms with Gasteiger partial charge >= 0.3 is 5.97 Å². The second-order valence-electron chi connectivity index (χ2n) is 16.4. The van der Waals surface area contributed by atoms with E-state index in [0.717, 1.165) is 38.5 Å². The standard InChI is InChI=1S/C46H56N10O6/c47-34(24-29-12-2-1-3-13-29)40(57)53-37-26-31-28-55(39-18-7-5-15-33(31)39)22-9-8-19-46(20-11-23-56(46)42(59)36(52-41(37)58)17-10-21-50-45(48)49)44(62)54-38(43(60)61)25-30-27-51-35-16-6-4-14-32(30)35/h1-7,12-16,18,27-28,34,36-38,51H,8-11,17,19-26,47H2,(H,52,58)(H,53,57)(H,54,62)(H,60,61)(H4,48,49,50)/t34-,36?,37-,38-,46-/m0/s1. The number of nitrogens with one attached hydrogen (secondary N) is 4. The van der Waals surface area contributed by atoms with Crippen molar-refractivity contribution in [3.63, 3.8) is 0 Å². The van der Waals surface area contributed by atoms with Gasteiger partial charge in [-0.15, -0.1) is 0 Å². The first-order valence-corrected chi connectivity index (χ1v) is 21.4. The number of fused-ring (bicyclic) bond motifs is 7. The van der Waals surface area contributed by atoms with Crippen molar-refractivity contribution in [2.24, 2.45) is 22.2 Å². The van der Waals surface area contributed by atoms with Crippen LogP contribution < -0.4 is 33.2 Å². The molecule has 2 aromatic heterocycles. The molecule has 4 amide bonds. The van der Waals surface area contributed by atoms with Crippen molar-refractivity contribution in [1.29, 1.82) is 0 Å².